The summed E-state index contributed by atoms with van der Waals surface area (Å²) in [5.74, 6) is 0.766. The number of ether oxygens (including phenoxy) is 1. The molecule has 0 radical (unpaired) electrons. The van der Waals surface area contributed by atoms with Crippen molar-refractivity contribution in [3.63, 3.8) is 0 Å². The summed E-state index contributed by atoms with van der Waals surface area (Å²) in [6.07, 6.45) is -2.90. The second kappa shape index (κ2) is 8.05. The van der Waals surface area contributed by atoms with E-state index in [2.05, 4.69) is 10.4 Å². The number of hydrogen-bond acceptors (Lipinski definition) is 3. The molecule has 0 amide bonds. The van der Waals surface area contributed by atoms with Crippen LogP contribution >= 0.6 is 12.4 Å². The van der Waals surface area contributed by atoms with Gasteiger partial charge in [-0.1, -0.05) is 12.1 Å². The van der Waals surface area contributed by atoms with Crippen LogP contribution in [0.5, 0.6) is 5.75 Å². The predicted octanol–water partition coefficient (Wildman–Crippen LogP) is 3.17. The third-order valence-electron chi connectivity index (χ3n) is 2.93. The van der Waals surface area contributed by atoms with Crippen molar-refractivity contribution in [3.8, 4) is 5.75 Å². The molecule has 0 bridgehead atoms. The minimum absolute atomic E-state index is 0. The van der Waals surface area contributed by atoms with Crippen molar-refractivity contribution in [2.45, 2.75) is 25.8 Å². The highest BCUT2D eigenvalue weighted by Gasteiger charge is 2.29. The Morgan fingerprint density at radius 2 is 1.82 bits per heavy atom. The summed E-state index contributed by atoms with van der Waals surface area (Å²) in [5.41, 5.74) is 1.53. The van der Waals surface area contributed by atoms with Gasteiger partial charge in [-0.05, 0) is 23.8 Å². The van der Waals surface area contributed by atoms with Crippen LogP contribution in [-0.4, -0.2) is 23.1 Å². The van der Waals surface area contributed by atoms with E-state index in [-0.39, 0.29) is 12.4 Å². The maximum Gasteiger partial charge on any atom is 0.408 e. The van der Waals surface area contributed by atoms with E-state index in [0.717, 1.165) is 16.0 Å². The number of rotatable bonds is 6. The van der Waals surface area contributed by atoms with Gasteiger partial charge in [-0.25, -0.2) is 0 Å². The number of halogens is 4. The van der Waals surface area contributed by atoms with Gasteiger partial charge in [0.25, 0.3) is 0 Å². The first-order chi connectivity index (χ1) is 9.98. The monoisotopic (exact) mass is 335 g/mol. The molecule has 0 aliphatic rings. The van der Waals surface area contributed by atoms with E-state index in [1.54, 1.807) is 13.2 Å². The van der Waals surface area contributed by atoms with Crippen LogP contribution in [0.4, 0.5) is 13.2 Å². The van der Waals surface area contributed by atoms with Crippen LogP contribution in [0.25, 0.3) is 0 Å². The Labute approximate surface area is 132 Å². The maximum absolute atomic E-state index is 12.4. The molecule has 1 aromatic carbocycles. The van der Waals surface area contributed by atoms with Crippen molar-refractivity contribution in [1.82, 2.24) is 15.1 Å². The fourth-order valence-electron chi connectivity index (χ4n) is 1.90. The zero-order valence-corrected chi connectivity index (χ0v) is 12.7. The molecule has 4 nitrogen and oxygen atoms in total. The fourth-order valence-corrected chi connectivity index (χ4v) is 1.90. The molecular weight excluding hydrogens is 319 g/mol. The Bertz CT molecular complexity index is 569. The van der Waals surface area contributed by atoms with Gasteiger partial charge in [0.2, 0.25) is 0 Å². The number of aromatic nitrogens is 2. The lowest BCUT2D eigenvalue weighted by Crippen LogP contribution is -2.23. The van der Waals surface area contributed by atoms with E-state index >= 15 is 0 Å². The van der Waals surface area contributed by atoms with Crippen LogP contribution in [0.1, 0.15) is 11.3 Å². The normalized spacial score (nSPS) is 11.1. The number of nitrogens with one attached hydrogen (secondary N) is 1. The lowest BCUT2D eigenvalue weighted by Gasteiger charge is -2.11. The zero-order valence-electron chi connectivity index (χ0n) is 11.9. The summed E-state index contributed by atoms with van der Waals surface area (Å²) in [6, 6.07) is 9.06. The third-order valence-corrected chi connectivity index (χ3v) is 2.93. The summed E-state index contributed by atoms with van der Waals surface area (Å²) < 4.78 is 43.1. The summed E-state index contributed by atoms with van der Waals surface area (Å²) in [7, 11) is 1.59. The fraction of sp³-hybridized carbons (Fsp3) is 0.357. The largest absolute Gasteiger partial charge is 0.497 e. The van der Waals surface area contributed by atoms with Gasteiger partial charge >= 0.3 is 6.18 Å². The van der Waals surface area contributed by atoms with E-state index in [0.29, 0.717) is 18.8 Å². The van der Waals surface area contributed by atoms with Crippen LogP contribution in [-0.2, 0) is 19.6 Å². The highest BCUT2D eigenvalue weighted by atomic mass is 35.5. The standard InChI is InChI=1S/C14H16F3N3O.ClH/c1-21-13-4-2-11(3-5-13)8-18-9-12-6-7-19-20(12)10-14(15,16)17;/h2-7,18H,8-10H2,1H3;1H. The SMILES string of the molecule is COc1ccc(CNCc2ccnn2CC(F)(F)F)cc1.Cl. The minimum Gasteiger partial charge on any atom is -0.497 e. The summed E-state index contributed by atoms with van der Waals surface area (Å²) >= 11 is 0. The van der Waals surface area contributed by atoms with Crippen molar-refractivity contribution >= 4 is 12.4 Å². The van der Waals surface area contributed by atoms with Gasteiger partial charge in [0.05, 0.1) is 12.8 Å². The molecule has 0 aliphatic carbocycles. The van der Waals surface area contributed by atoms with Crippen LogP contribution in [0.3, 0.4) is 0 Å². The van der Waals surface area contributed by atoms with Crippen LogP contribution in [0, 0.1) is 0 Å². The molecule has 0 atom stereocenters. The predicted molar refractivity (Wildman–Crippen MR) is 79.1 cm³/mol. The Balaban J connectivity index is 0.00000242. The van der Waals surface area contributed by atoms with Crippen LogP contribution < -0.4 is 10.1 Å². The van der Waals surface area contributed by atoms with Gasteiger partial charge in [0.15, 0.2) is 0 Å². The van der Waals surface area contributed by atoms with Gasteiger partial charge in [-0.3, -0.25) is 4.68 Å². The van der Waals surface area contributed by atoms with Crippen LogP contribution in [0.15, 0.2) is 36.5 Å². The molecule has 0 saturated carbocycles. The molecule has 1 heterocycles. The summed E-state index contributed by atoms with van der Waals surface area (Å²) in [4.78, 5) is 0. The molecular formula is C14H17ClF3N3O. The molecule has 1 aromatic heterocycles. The molecule has 2 rings (SSSR count). The van der Waals surface area contributed by atoms with E-state index < -0.39 is 12.7 Å². The van der Waals surface area contributed by atoms with Gasteiger partial charge in [-0.2, -0.15) is 18.3 Å². The number of hydrogen-bond donors (Lipinski definition) is 1. The Hall–Kier alpha value is -1.73. The highest BCUT2D eigenvalue weighted by molar-refractivity contribution is 5.85. The van der Waals surface area contributed by atoms with Crippen molar-refractivity contribution in [2.24, 2.45) is 0 Å². The molecule has 0 aliphatic heterocycles. The van der Waals surface area contributed by atoms with Crippen molar-refractivity contribution in [2.75, 3.05) is 7.11 Å². The topological polar surface area (TPSA) is 39.1 Å². The third kappa shape index (κ3) is 5.57. The molecule has 2 aromatic rings. The molecule has 0 spiro atoms. The zero-order chi connectivity index (χ0) is 15.3. The molecule has 1 N–H and O–H groups in total. The second-order valence-electron chi connectivity index (χ2n) is 4.55. The number of benzene rings is 1. The van der Waals surface area contributed by atoms with Gasteiger partial charge in [-0.15, -0.1) is 12.4 Å². The second-order valence-corrected chi connectivity index (χ2v) is 4.55. The number of nitrogens with zero attached hydrogens (tertiary/aromatic N) is 2. The first-order valence-corrected chi connectivity index (χ1v) is 6.39. The van der Waals surface area contributed by atoms with Crippen molar-refractivity contribution < 1.29 is 17.9 Å². The Morgan fingerprint density at radius 1 is 1.14 bits per heavy atom. The summed E-state index contributed by atoms with van der Waals surface area (Å²) in [5, 5.41) is 6.79. The Morgan fingerprint density at radius 3 is 2.41 bits per heavy atom. The number of methoxy groups -OCH3 is 1. The Kier molecular flexibility index (Phi) is 6.70. The van der Waals surface area contributed by atoms with Gasteiger partial charge in [0.1, 0.15) is 12.3 Å². The van der Waals surface area contributed by atoms with Gasteiger partial charge < -0.3 is 10.1 Å². The van der Waals surface area contributed by atoms with E-state index in [9.17, 15) is 13.2 Å². The summed E-state index contributed by atoms with van der Waals surface area (Å²) in [6.45, 7) is -0.192. The lowest BCUT2D eigenvalue weighted by atomic mass is 10.2. The molecule has 0 unspecified atom stereocenters. The van der Waals surface area contributed by atoms with E-state index in [4.69, 9.17) is 4.74 Å². The molecule has 0 fully saturated rings. The average molecular weight is 336 g/mol. The van der Waals surface area contributed by atoms with Crippen LogP contribution in [0.2, 0.25) is 0 Å². The minimum atomic E-state index is -4.27. The molecule has 22 heavy (non-hydrogen) atoms. The smallest absolute Gasteiger partial charge is 0.408 e. The van der Waals surface area contributed by atoms with Gasteiger partial charge in [0, 0.05) is 19.3 Å². The van der Waals surface area contributed by atoms with E-state index in [1.807, 2.05) is 24.3 Å². The first-order valence-electron chi connectivity index (χ1n) is 6.39. The average Bonchev–Trinajstić information content (AvgIpc) is 2.85. The lowest BCUT2D eigenvalue weighted by molar-refractivity contribution is -0.143. The van der Waals surface area contributed by atoms with Crippen molar-refractivity contribution in [1.29, 1.82) is 0 Å². The molecule has 8 heteroatoms. The van der Waals surface area contributed by atoms with E-state index in [1.165, 1.54) is 6.20 Å². The number of alkyl halides is 3. The first kappa shape index (κ1) is 18.3. The maximum atomic E-state index is 12.4. The molecule has 122 valence electrons. The van der Waals surface area contributed by atoms with Crippen molar-refractivity contribution in [3.05, 3.63) is 47.8 Å². The molecule has 0 saturated heterocycles. The quantitative estimate of drug-likeness (QED) is 0.881. The highest BCUT2D eigenvalue weighted by Crippen LogP contribution is 2.18.